The van der Waals surface area contributed by atoms with E-state index in [4.69, 9.17) is 17.2 Å². The average molecular weight is 2120 g/mol. The van der Waals surface area contributed by atoms with Crippen LogP contribution in [0.25, 0.3) is 32.7 Å². The molecule has 2 saturated heterocycles. The lowest BCUT2D eigenvalue weighted by Gasteiger charge is -2.32. The number of rotatable bonds is 44. The number of amides is 17. The number of imidazole rings is 1. The molecule has 2 aliphatic rings. The van der Waals surface area contributed by atoms with Gasteiger partial charge in [-0.05, 0) is 73.9 Å². The second kappa shape index (κ2) is 57.3. The maximum atomic E-state index is 15.8. The topological polar surface area (TPSA) is 786 Å². The van der Waals surface area contributed by atoms with Gasteiger partial charge >= 0.3 is 23.9 Å². The molecule has 7 aromatic rings. The minimum atomic E-state index is -2.21. The van der Waals surface area contributed by atoms with E-state index in [9.17, 15) is 92.7 Å². The molecule has 0 aliphatic carbocycles. The van der Waals surface area contributed by atoms with E-state index in [-0.39, 0.29) is 123 Å². The summed E-state index contributed by atoms with van der Waals surface area (Å²) < 4.78 is 0. The summed E-state index contributed by atoms with van der Waals surface area (Å²) in [4.78, 5) is 319. The van der Waals surface area contributed by atoms with E-state index in [1.165, 1.54) is 45.8 Å². The number of carboxylic acid groups (broad SMARTS) is 4. The molecular weight excluding hydrogens is 1990 g/mol. The van der Waals surface area contributed by atoms with Crippen LogP contribution in [0, 0.1) is 5.92 Å². The number of aliphatic hydroxyl groups is 1. The highest BCUT2D eigenvalue weighted by Crippen LogP contribution is 2.28. The third-order valence-electron chi connectivity index (χ3n) is 25.2. The molecule has 0 spiro atoms. The van der Waals surface area contributed by atoms with Crippen molar-refractivity contribution in [3.8, 4) is 0 Å². The molecule has 17 amide bonds. The number of aromatic amines is 4. The Hall–Kier alpha value is -15.1. The van der Waals surface area contributed by atoms with Gasteiger partial charge in [0.25, 0.3) is 0 Å². The summed E-state index contributed by atoms with van der Waals surface area (Å²) in [6.45, 7) is 6.56. The monoisotopic (exact) mass is 2110 g/mol. The zero-order chi connectivity index (χ0) is 109. The van der Waals surface area contributed by atoms with Gasteiger partial charge in [-0.15, -0.1) is 0 Å². The van der Waals surface area contributed by atoms with E-state index >= 15 is 33.6 Å². The Morgan fingerprint density at radius 1 is 0.477 bits per heavy atom. The van der Waals surface area contributed by atoms with E-state index in [0.717, 1.165) is 18.7 Å². The number of benzene rings is 3. The molecule has 6 heterocycles. The minimum Gasteiger partial charge on any atom is -0.481 e. The number of aliphatic carboxylic acids is 4. The Morgan fingerprint density at radius 2 is 0.919 bits per heavy atom. The van der Waals surface area contributed by atoms with Gasteiger partial charge in [-0.2, -0.15) is 0 Å². The fourth-order valence-electron chi connectivity index (χ4n) is 16.8. The van der Waals surface area contributed by atoms with Crippen molar-refractivity contribution in [1.82, 2.24) is 119 Å². The maximum absolute atomic E-state index is 15.8. The second-order valence-electron chi connectivity index (χ2n) is 36.5. The molecule has 28 N–H and O–H groups in total. The summed E-state index contributed by atoms with van der Waals surface area (Å²) in [5.74, 6) is -26.5. The lowest BCUT2D eigenvalue weighted by molar-refractivity contribution is -0.142. The number of primary amides is 3. The van der Waals surface area contributed by atoms with Crippen LogP contribution in [0.15, 0.2) is 104 Å². The summed E-state index contributed by atoms with van der Waals surface area (Å²) in [6, 6.07) is -3.26. The van der Waals surface area contributed by atoms with E-state index < -0.39 is 265 Å². The number of aliphatic hydroxyl groups excluding tert-OH is 1. The van der Waals surface area contributed by atoms with Crippen LogP contribution in [0.1, 0.15) is 102 Å². The van der Waals surface area contributed by atoms with Crippen molar-refractivity contribution in [3.05, 3.63) is 126 Å². The maximum Gasteiger partial charge on any atom is 0.317 e. The zero-order valence-electron chi connectivity index (χ0n) is 82.9. The molecule has 0 bridgehead atoms. The SMILES string of the molecule is CC[C@H](C)[C@H](NC(=O)[C@@H](NC(=O)[C@H](Cc1c[nH]c2ccccc12)NC(C)=O)[C@@H](C)O)C(=O)N[C@H]1CSSC[C@@H](C(=O)N[C@@H](Cc2c[nH]c3ccccc23)C(=O)N(C)[C@@H](C)C(=O)N[C@@H](CCCCNC(=O)CN2CCN(CC(=O)O)CCN(CC(=O)O)CCN(CC(=O)O)CC2)C(N)=O)NC(=O)[C@H](CC(=O)O)NC(=O)[C@H](Cc2cnc[nH]2)NC(=O)[C@H](Cc2c[nH]c3ccccc23)NC(=O)[C@H](CC(N)=O)NC(=O)[C@H](CC(N)=O)NC1=O. The number of nitrogens with zero attached hydrogens (tertiary/aromatic N) is 6. The molecule has 2 fully saturated rings. The summed E-state index contributed by atoms with van der Waals surface area (Å²) in [7, 11) is 2.48. The van der Waals surface area contributed by atoms with Gasteiger partial charge in [0.05, 0.1) is 57.9 Å². The third-order valence-corrected chi connectivity index (χ3v) is 27.6. The molecule has 3 aromatic carbocycles. The number of carbonyl (C=O) groups excluding carboxylic acids is 17. The van der Waals surface area contributed by atoms with Crippen LogP contribution >= 0.6 is 21.6 Å². The van der Waals surface area contributed by atoms with Crippen molar-refractivity contribution in [2.45, 2.75) is 190 Å². The largest absolute Gasteiger partial charge is 0.481 e. The number of nitrogens with two attached hydrogens (primary N) is 3. The van der Waals surface area contributed by atoms with Gasteiger partial charge in [0, 0.05) is 173 Å². The van der Waals surface area contributed by atoms with E-state index in [1.54, 1.807) is 106 Å². The molecule has 9 rings (SSSR count). The van der Waals surface area contributed by atoms with Crippen LogP contribution in [0.3, 0.4) is 0 Å². The molecule has 0 saturated carbocycles. The number of hydrogen-bond acceptors (Lipinski definition) is 29. The van der Waals surface area contributed by atoms with Gasteiger partial charge in [-0.3, -0.25) is 120 Å². The fourth-order valence-corrected chi connectivity index (χ4v) is 19.1. The number of nitrogens with one attached hydrogen (secondary N) is 17. The number of carbonyl (C=O) groups is 21. The first-order valence-corrected chi connectivity index (χ1v) is 50.6. The lowest BCUT2D eigenvalue weighted by Crippen LogP contribution is -2.63. The van der Waals surface area contributed by atoms with E-state index in [0.29, 0.717) is 71.0 Å². The Labute approximate surface area is 861 Å². The summed E-state index contributed by atoms with van der Waals surface area (Å²) in [5, 5.41) is 85.3. The molecule has 0 radical (unpaired) electrons. The molecule has 2 aliphatic heterocycles. The van der Waals surface area contributed by atoms with Crippen LogP contribution < -0.4 is 86.3 Å². The van der Waals surface area contributed by atoms with E-state index in [2.05, 4.69) is 94.0 Å². The number of likely N-dealkylation sites (N-methyl/N-ethyl adjacent to an activating group) is 1. The number of unbranched alkanes of at least 4 members (excludes halogenated alkanes) is 1. The van der Waals surface area contributed by atoms with Crippen molar-refractivity contribution in [3.63, 3.8) is 0 Å². The molecule has 54 heteroatoms. The fraction of sp³-hybridized carbons (Fsp3) is 0.495. The average Bonchev–Trinajstić information content (AvgIpc) is 1.69. The standard InChI is InChI=1S/C95H130N26O26S2/c1-7-50(2)81(115-94(146)82(52(4)122)116-90(142)65(105-53(5)123)32-54-39-101-61-19-11-8-16-58(54)61)93(145)114-73-48-149-148-47-72(113-89(141)70(38-77(127)128)111-86(138)67(35-57-42-99-49-104-57)108-85(137)66(33-55-40-102-62-20-12-9-17-59(55)62)107-87(139)68(36-74(96)124)109-88(140)69(37-75(97)125)110-91(73)143)92(144)112-71(34-56-41-103-63-21-13-10-18-60(56)63)95(147)117(6)51(3)84(136)106-64(83(98)135)22-14-15-23-100-76(126)43-118-24-26-119(44-78(129)130)28-30-121(46-80(133)134)31-29-120(27-25-118)45-79(131)132/h8-13,16-21,39-42,49-52,64-73,81-82,101-103,122H,7,14-15,22-38,43-48H2,1-6H3,(H2,96,124)(H2,97,125)(H2,98,135)(H,99,104)(H,100,126)(H,105,123)(H,106,136)(H,107,139)(H,108,137)(H,109,140)(H,110,143)(H,111,138)(H,112,144)(H,113,141)(H,114,145)(H,115,146)(H,116,142)(H,127,128)(H,129,130)(H,131,132)(H,133,134)/t50-,51-,52+,64-,65-,66-,67-,68-,69-,70-,71-,72-,73-,81-,82-/m0/s1. The lowest BCUT2D eigenvalue weighted by atomic mass is 9.97. The molecule has 15 atom stereocenters. The van der Waals surface area contributed by atoms with Crippen molar-refractivity contribution in [1.29, 1.82) is 0 Å². The highest BCUT2D eigenvalue weighted by atomic mass is 33.1. The normalized spacial score (nSPS) is 20.0. The van der Waals surface area contributed by atoms with Crippen molar-refractivity contribution in [2.75, 3.05) is 104 Å². The molecule has 149 heavy (non-hydrogen) atoms. The molecule has 0 unspecified atom stereocenters. The Bertz CT molecular complexity index is 5910. The van der Waals surface area contributed by atoms with Crippen LogP contribution in [0.5, 0.6) is 0 Å². The van der Waals surface area contributed by atoms with E-state index in [1.807, 2.05) is 0 Å². The van der Waals surface area contributed by atoms with Gasteiger partial charge in [0.1, 0.15) is 78.5 Å². The quantitative estimate of drug-likeness (QED) is 0.0125. The number of aromatic nitrogens is 5. The van der Waals surface area contributed by atoms with Gasteiger partial charge in [0.15, 0.2) is 0 Å². The minimum absolute atomic E-state index is 0.0309. The number of H-pyrrole nitrogens is 4. The van der Waals surface area contributed by atoms with Crippen molar-refractivity contribution >= 4 is 179 Å². The summed E-state index contributed by atoms with van der Waals surface area (Å²) in [5.41, 5.74) is 20.6. The zero-order valence-corrected chi connectivity index (χ0v) is 84.5. The molecule has 4 aromatic heterocycles. The van der Waals surface area contributed by atoms with Gasteiger partial charge < -0.3 is 137 Å². The van der Waals surface area contributed by atoms with Crippen LogP contribution in [-0.4, -0.2) is 388 Å². The first-order valence-electron chi connectivity index (χ1n) is 48.1. The molecule has 808 valence electrons. The summed E-state index contributed by atoms with van der Waals surface area (Å²) >= 11 is 0. The second-order valence-corrected chi connectivity index (χ2v) is 39.1. The highest BCUT2D eigenvalue weighted by molar-refractivity contribution is 8.76. The van der Waals surface area contributed by atoms with Gasteiger partial charge in [-0.25, -0.2) is 4.98 Å². The number of fused-ring (bicyclic) bond motifs is 3. The number of hydrogen-bond donors (Lipinski definition) is 25. The Kier molecular flexibility index (Phi) is 45.1. The van der Waals surface area contributed by atoms with Crippen molar-refractivity contribution < 1.29 is 126 Å². The number of para-hydroxylation sites is 3. The van der Waals surface area contributed by atoms with Crippen LogP contribution in [-0.2, 0) is 126 Å². The smallest absolute Gasteiger partial charge is 0.317 e. The first-order chi connectivity index (χ1) is 70.8. The predicted molar refractivity (Wildman–Crippen MR) is 540 cm³/mol. The third kappa shape index (κ3) is 36.7. The van der Waals surface area contributed by atoms with Crippen LogP contribution in [0.4, 0.5) is 0 Å². The molecule has 52 nitrogen and oxygen atoms in total. The highest BCUT2D eigenvalue weighted by Gasteiger charge is 2.42. The Balaban J connectivity index is 1.03. The first kappa shape index (κ1) is 117. The van der Waals surface area contributed by atoms with Gasteiger partial charge in [-0.1, -0.05) is 96.5 Å². The van der Waals surface area contributed by atoms with Crippen molar-refractivity contribution in [2.24, 2.45) is 23.1 Å². The Morgan fingerprint density at radius 3 is 1.39 bits per heavy atom. The predicted octanol–water partition coefficient (Wildman–Crippen LogP) is -5.90. The molecular formula is C95H130N26O26S2. The van der Waals surface area contributed by atoms with Crippen LogP contribution in [0.2, 0.25) is 0 Å². The number of carboxylic acids is 4. The summed E-state index contributed by atoms with van der Waals surface area (Å²) in [6.07, 6.45) is 0.788. The van der Waals surface area contributed by atoms with Gasteiger partial charge in [0.2, 0.25) is 100 Å².